The van der Waals surface area contributed by atoms with E-state index in [9.17, 15) is 9.59 Å². The molecule has 0 aromatic heterocycles. The molecule has 0 fully saturated rings. The summed E-state index contributed by atoms with van der Waals surface area (Å²) in [6.45, 7) is 3.19. The third kappa shape index (κ3) is 8.18. The molecular weight excluding hydrogens is 420 g/mol. The molecule has 0 radical (unpaired) electrons. The maximum Gasteiger partial charge on any atom is 0.243 e. The molecule has 1 atom stereocenters. The summed E-state index contributed by atoms with van der Waals surface area (Å²) in [5, 5.41) is 3.10. The van der Waals surface area contributed by atoms with Gasteiger partial charge >= 0.3 is 0 Å². The van der Waals surface area contributed by atoms with E-state index in [-0.39, 0.29) is 11.8 Å². The third-order valence-corrected chi connectivity index (χ3v) is 6.02. The van der Waals surface area contributed by atoms with Crippen LogP contribution in [0, 0.1) is 0 Å². The van der Waals surface area contributed by atoms with Gasteiger partial charge in [0.05, 0.1) is 0 Å². The van der Waals surface area contributed by atoms with Crippen molar-refractivity contribution in [2.24, 2.45) is 0 Å². The van der Waals surface area contributed by atoms with Gasteiger partial charge in [0.15, 0.2) is 0 Å². The van der Waals surface area contributed by atoms with Gasteiger partial charge in [0.25, 0.3) is 0 Å². The van der Waals surface area contributed by atoms with Crippen LogP contribution >= 0.6 is 0 Å². The monoisotopic (exact) mass is 456 g/mol. The predicted octanol–water partition coefficient (Wildman–Crippen LogP) is 5.57. The Bertz CT molecular complexity index is 990. The molecule has 0 aliphatic heterocycles. The van der Waals surface area contributed by atoms with Gasteiger partial charge in [-0.3, -0.25) is 9.59 Å². The van der Waals surface area contributed by atoms with E-state index < -0.39 is 6.04 Å². The normalized spacial score (nSPS) is 11.6. The predicted molar refractivity (Wildman–Crippen MR) is 138 cm³/mol. The molecule has 0 aliphatic carbocycles. The Kier molecular flexibility index (Phi) is 10.4. The highest BCUT2D eigenvalue weighted by Crippen LogP contribution is 2.17. The lowest BCUT2D eigenvalue weighted by Gasteiger charge is -2.31. The number of hydrogen-bond acceptors (Lipinski definition) is 2. The van der Waals surface area contributed by atoms with Crippen molar-refractivity contribution in [1.82, 2.24) is 10.2 Å². The van der Waals surface area contributed by atoms with Crippen LogP contribution in [0.15, 0.2) is 91.0 Å². The van der Waals surface area contributed by atoms with Crippen LogP contribution in [0.5, 0.6) is 0 Å². The zero-order valence-electron chi connectivity index (χ0n) is 20.2. The van der Waals surface area contributed by atoms with Gasteiger partial charge in [-0.1, -0.05) is 111 Å². The van der Waals surface area contributed by atoms with E-state index in [2.05, 4.69) is 12.2 Å². The standard InChI is InChI=1S/C30H36N2O2/c1-2-3-13-22-31-30(34)28(23-26-16-9-5-10-17-26)32(24-27-18-11-6-12-19-27)29(33)21-20-25-14-7-4-8-15-25/h4-12,14-19,28H,2-3,13,20-24H2,1H3,(H,31,34). The van der Waals surface area contributed by atoms with Crippen molar-refractivity contribution in [3.05, 3.63) is 108 Å². The van der Waals surface area contributed by atoms with Gasteiger partial charge < -0.3 is 10.2 Å². The van der Waals surface area contributed by atoms with Crippen LogP contribution in [-0.2, 0) is 29.0 Å². The maximum atomic E-state index is 13.6. The molecule has 4 heteroatoms. The molecule has 2 amide bonds. The average molecular weight is 457 g/mol. The van der Waals surface area contributed by atoms with Gasteiger partial charge in [-0.2, -0.15) is 0 Å². The Morgan fingerprint density at radius 2 is 1.32 bits per heavy atom. The summed E-state index contributed by atoms with van der Waals surface area (Å²) in [7, 11) is 0. The van der Waals surface area contributed by atoms with Gasteiger partial charge in [-0.05, 0) is 29.5 Å². The van der Waals surface area contributed by atoms with Gasteiger partial charge in [-0.25, -0.2) is 0 Å². The molecule has 1 unspecified atom stereocenters. The number of carbonyl (C=O) groups is 2. The molecule has 178 valence electrons. The SMILES string of the molecule is CCCCCNC(=O)C(Cc1ccccc1)N(Cc1ccccc1)C(=O)CCc1ccccc1. The van der Waals surface area contributed by atoms with Crippen molar-refractivity contribution in [2.45, 2.75) is 58.0 Å². The molecule has 0 aliphatic rings. The summed E-state index contributed by atoms with van der Waals surface area (Å²) in [6.07, 6.45) is 4.63. The largest absolute Gasteiger partial charge is 0.354 e. The highest BCUT2D eigenvalue weighted by Gasteiger charge is 2.30. The van der Waals surface area contributed by atoms with E-state index in [1.807, 2.05) is 91.0 Å². The molecule has 3 rings (SSSR count). The minimum Gasteiger partial charge on any atom is -0.354 e. The number of benzene rings is 3. The van der Waals surface area contributed by atoms with Crippen LogP contribution in [0.3, 0.4) is 0 Å². The molecule has 3 aromatic rings. The zero-order chi connectivity index (χ0) is 24.0. The molecule has 3 aromatic carbocycles. The second kappa shape index (κ2) is 14.0. The van der Waals surface area contributed by atoms with Gasteiger partial charge in [0.1, 0.15) is 6.04 Å². The number of rotatable bonds is 13. The highest BCUT2D eigenvalue weighted by atomic mass is 16.2. The van der Waals surface area contributed by atoms with Gasteiger partial charge in [0, 0.05) is 25.9 Å². The molecule has 0 heterocycles. The molecular formula is C30H36N2O2. The fraction of sp³-hybridized carbons (Fsp3) is 0.333. The Morgan fingerprint density at radius 3 is 1.91 bits per heavy atom. The van der Waals surface area contributed by atoms with E-state index in [0.717, 1.165) is 36.0 Å². The summed E-state index contributed by atoms with van der Waals surface area (Å²) in [6, 6.07) is 29.4. The molecule has 0 saturated heterocycles. The summed E-state index contributed by atoms with van der Waals surface area (Å²) < 4.78 is 0. The lowest BCUT2D eigenvalue weighted by molar-refractivity contribution is -0.141. The third-order valence-electron chi connectivity index (χ3n) is 6.02. The minimum absolute atomic E-state index is 0.00246. The maximum absolute atomic E-state index is 13.6. The summed E-state index contributed by atoms with van der Waals surface area (Å²) >= 11 is 0. The van der Waals surface area contributed by atoms with Crippen molar-refractivity contribution in [2.75, 3.05) is 6.54 Å². The van der Waals surface area contributed by atoms with Crippen molar-refractivity contribution in [3.8, 4) is 0 Å². The lowest BCUT2D eigenvalue weighted by atomic mass is 10.0. The quantitative estimate of drug-likeness (QED) is 0.342. The first kappa shape index (κ1) is 25.2. The molecule has 1 N–H and O–H groups in total. The Hall–Kier alpha value is -3.40. The van der Waals surface area contributed by atoms with Crippen LogP contribution in [0.25, 0.3) is 0 Å². The topological polar surface area (TPSA) is 49.4 Å². The van der Waals surface area contributed by atoms with Crippen LogP contribution < -0.4 is 5.32 Å². The smallest absolute Gasteiger partial charge is 0.243 e. The van der Waals surface area contributed by atoms with Crippen molar-refractivity contribution in [3.63, 3.8) is 0 Å². The van der Waals surface area contributed by atoms with Gasteiger partial charge in [-0.15, -0.1) is 0 Å². The second-order valence-electron chi connectivity index (χ2n) is 8.70. The molecule has 0 bridgehead atoms. The first-order valence-electron chi connectivity index (χ1n) is 12.4. The van der Waals surface area contributed by atoms with Crippen molar-refractivity contribution in [1.29, 1.82) is 0 Å². The fourth-order valence-corrected chi connectivity index (χ4v) is 4.08. The molecule has 0 spiro atoms. The average Bonchev–Trinajstić information content (AvgIpc) is 2.89. The number of unbranched alkanes of at least 4 members (excludes halogenated alkanes) is 2. The van der Waals surface area contributed by atoms with E-state index in [1.165, 1.54) is 0 Å². The minimum atomic E-state index is -0.562. The number of aryl methyl sites for hydroxylation is 1. The summed E-state index contributed by atoms with van der Waals surface area (Å²) in [4.78, 5) is 28.8. The fourth-order valence-electron chi connectivity index (χ4n) is 4.08. The Morgan fingerprint density at radius 1 is 0.765 bits per heavy atom. The van der Waals surface area contributed by atoms with E-state index >= 15 is 0 Å². The highest BCUT2D eigenvalue weighted by molar-refractivity contribution is 5.88. The zero-order valence-corrected chi connectivity index (χ0v) is 20.2. The van der Waals surface area contributed by atoms with Gasteiger partial charge in [0.2, 0.25) is 11.8 Å². The van der Waals surface area contributed by atoms with Crippen LogP contribution in [0.4, 0.5) is 0 Å². The van der Waals surface area contributed by atoms with E-state index in [0.29, 0.717) is 32.4 Å². The number of amides is 2. The van der Waals surface area contributed by atoms with Crippen molar-refractivity contribution >= 4 is 11.8 Å². The van der Waals surface area contributed by atoms with Crippen LogP contribution in [0.1, 0.15) is 49.3 Å². The number of nitrogens with one attached hydrogen (secondary N) is 1. The van der Waals surface area contributed by atoms with Crippen LogP contribution in [0.2, 0.25) is 0 Å². The first-order chi connectivity index (χ1) is 16.7. The summed E-state index contributed by atoms with van der Waals surface area (Å²) in [5.74, 6) is -0.0821. The Labute approximate surface area is 204 Å². The number of hydrogen-bond donors (Lipinski definition) is 1. The number of carbonyl (C=O) groups excluding carboxylic acids is 2. The first-order valence-corrected chi connectivity index (χ1v) is 12.4. The molecule has 0 saturated carbocycles. The van der Waals surface area contributed by atoms with E-state index in [4.69, 9.17) is 0 Å². The summed E-state index contributed by atoms with van der Waals surface area (Å²) in [5.41, 5.74) is 3.19. The lowest BCUT2D eigenvalue weighted by Crippen LogP contribution is -2.50. The molecule has 34 heavy (non-hydrogen) atoms. The van der Waals surface area contributed by atoms with E-state index in [1.54, 1.807) is 4.90 Å². The Balaban J connectivity index is 1.83. The number of nitrogens with zero attached hydrogens (tertiary/aromatic N) is 1. The van der Waals surface area contributed by atoms with Crippen molar-refractivity contribution < 1.29 is 9.59 Å². The molecule has 4 nitrogen and oxygen atoms in total. The second-order valence-corrected chi connectivity index (χ2v) is 8.70. The van der Waals surface area contributed by atoms with Crippen LogP contribution in [-0.4, -0.2) is 29.3 Å².